The van der Waals surface area contributed by atoms with Crippen molar-refractivity contribution in [3.05, 3.63) is 0 Å². The van der Waals surface area contributed by atoms with Gasteiger partial charge in [-0.1, -0.05) is 26.7 Å². The molecule has 0 amide bonds. The quantitative estimate of drug-likeness (QED) is 0.0483. The van der Waals surface area contributed by atoms with Crippen LogP contribution in [-0.4, -0.2) is 127 Å². The number of nitrogens with zero attached hydrogens (tertiary/aromatic N) is 4. The van der Waals surface area contributed by atoms with Crippen molar-refractivity contribution in [3.63, 3.8) is 0 Å². The molecule has 0 bridgehead atoms. The summed E-state index contributed by atoms with van der Waals surface area (Å²) in [5, 5.41) is 6.89. The van der Waals surface area contributed by atoms with Gasteiger partial charge in [0.05, 0.1) is 18.1 Å². The van der Waals surface area contributed by atoms with Crippen molar-refractivity contribution >= 4 is 29.6 Å². The Morgan fingerprint density at radius 2 is 1.02 bits per heavy atom. The Kier molecular flexibility index (Phi) is 35.2. The Balaban J connectivity index is -0.000000714. The second kappa shape index (κ2) is 33.0. The molecule has 12 nitrogen and oxygen atoms in total. The molecule has 0 aliphatic rings. The number of nitrogens with one attached hydrogen (secondary N) is 2. The average Bonchev–Trinajstić information content (AvgIpc) is 3.04. The first-order chi connectivity index (χ1) is 22.7. The smallest absolute Gasteiger partial charge is 0.377 e. The molecule has 0 aliphatic heterocycles. The van der Waals surface area contributed by atoms with E-state index in [0.29, 0.717) is 18.1 Å². The van der Waals surface area contributed by atoms with Crippen LogP contribution in [0.25, 0.3) is 0 Å². The summed E-state index contributed by atoms with van der Waals surface area (Å²) in [7, 11) is 5.14. The van der Waals surface area contributed by atoms with E-state index in [1.807, 2.05) is 27.7 Å². The van der Waals surface area contributed by atoms with Crippen molar-refractivity contribution in [2.24, 2.45) is 15.0 Å². The molecule has 0 unspecified atom stereocenters. The minimum absolute atomic E-state index is 0.265. The molecule has 0 heterocycles. The predicted octanol–water partition coefficient (Wildman–Crippen LogP) is 6.74. The predicted molar refractivity (Wildman–Crippen MR) is 208 cm³/mol. The lowest BCUT2D eigenvalue weighted by atomic mass is 10.3. The largest absolute Gasteiger partial charge is 0.500 e. The van der Waals surface area contributed by atoms with E-state index >= 15 is 0 Å². The van der Waals surface area contributed by atoms with Gasteiger partial charge in [0.15, 0.2) is 5.96 Å². The van der Waals surface area contributed by atoms with Gasteiger partial charge in [0, 0.05) is 79.9 Å². The Morgan fingerprint density at radius 3 is 1.40 bits per heavy atom. The van der Waals surface area contributed by atoms with Crippen molar-refractivity contribution in [1.82, 2.24) is 15.5 Å². The highest BCUT2D eigenvalue weighted by molar-refractivity contribution is 6.60. The van der Waals surface area contributed by atoms with E-state index in [1.54, 1.807) is 42.7 Å². The molecule has 0 radical (unpaired) electrons. The van der Waals surface area contributed by atoms with Gasteiger partial charge in [-0.25, -0.2) is 9.98 Å². The first-order valence-corrected chi connectivity index (χ1v) is 21.8. The minimum Gasteiger partial charge on any atom is -0.377 e. The lowest BCUT2D eigenvalue weighted by molar-refractivity contribution is 0.122. The van der Waals surface area contributed by atoms with Crippen LogP contribution in [0.4, 0.5) is 0 Å². The summed E-state index contributed by atoms with van der Waals surface area (Å²) in [5.41, 5.74) is 0. The molecule has 48 heavy (non-hydrogen) atoms. The van der Waals surface area contributed by atoms with Crippen molar-refractivity contribution in [1.29, 1.82) is 0 Å². The lowest BCUT2D eigenvalue weighted by Crippen LogP contribution is -2.47. The maximum absolute atomic E-state index is 5.52. The molecule has 0 fully saturated rings. The Hall–Kier alpha value is -1.20. The maximum Gasteiger partial charge on any atom is 0.500 e. The molecule has 0 atom stereocenters. The highest BCUT2D eigenvalue weighted by Crippen LogP contribution is 2.16. The van der Waals surface area contributed by atoms with E-state index in [9.17, 15) is 0 Å². The normalized spacial score (nSPS) is 12.0. The first kappa shape index (κ1) is 51.2. The summed E-state index contributed by atoms with van der Waals surface area (Å²) < 4.78 is 32.5. The average molecular weight is 723 g/mol. The monoisotopic (exact) mass is 723 g/mol. The number of hydrogen-bond acceptors (Lipinski definition) is 10. The molecule has 0 aromatic carbocycles. The zero-order valence-electron chi connectivity index (χ0n) is 34.0. The fraction of sp³-hybridized carbons (Fsp3) is 0.941. The van der Waals surface area contributed by atoms with Gasteiger partial charge >= 0.3 is 17.6 Å². The molecular formula is C34H78N6O6Si2. The summed E-state index contributed by atoms with van der Waals surface area (Å²) in [4.78, 5) is 15.0. The Morgan fingerprint density at radius 1 is 0.604 bits per heavy atom. The SMILES string of the molecule is CC(C)N=C=NC(C)C.CCCCN(CCC[Si](OC)(OC)OC)C(=NC(C)C)NC(C)C.CCCCNCCC[Si](OC)(OC)OC. The fourth-order valence-corrected chi connectivity index (χ4v) is 7.53. The number of hydrogen-bond donors (Lipinski definition) is 2. The van der Waals surface area contributed by atoms with Gasteiger partial charge in [-0.05, 0) is 94.2 Å². The summed E-state index contributed by atoms with van der Waals surface area (Å²) in [6.07, 6.45) is 6.77. The van der Waals surface area contributed by atoms with E-state index in [2.05, 4.69) is 73.1 Å². The number of rotatable bonds is 24. The van der Waals surface area contributed by atoms with Crippen LogP contribution in [-0.2, 0) is 26.6 Å². The lowest BCUT2D eigenvalue weighted by Gasteiger charge is -2.30. The third-order valence-corrected chi connectivity index (χ3v) is 12.5. The molecule has 0 aromatic heterocycles. The van der Waals surface area contributed by atoms with Crippen LogP contribution in [0.15, 0.2) is 15.0 Å². The standard InChI is InChI=1S/C17H39N3O3Si.C10H25NO3Si.C7H14N2/c1-9-10-12-20(17(18-15(2)3)19-16(4)5)13-11-14-24(21-6,22-7)23-8;1-5-6-8-11-9-7-10-15(12-2,13-3)14-4;1-6(2)8-5-9-7(3)4/h15-16H,9-14H2,1-8H3,(H,18,19);11H,5-10H2,1-4H3;6-7H,1-4H3. The molecule has 0 spiro atoms. The van der Waals surface area contributed by atoms with Gasteiger partial charge in [-0.2, -0.15) is 0 Å². The molecule has 0 aromatic rings. The van der Waals surface area contributed by atoms with E-state index < -0.39 is 17.6 Å². The van der Waals surface area contributed by atoms with Crippen LogP contribution in [0.1, 0.15) is 108 Å². The van der Waals surface area contributed by atoms with Crippen LogP contribution in [0.2, 0.25) is 12.1 Å². The molecule has 288 valence electrons. The molecule has 0 saturated carbocycles. The highest BCUT2D eigenvalue weighted by Gasteiger charge is 2.37. The van der Waals surface area contributed by atoms with Gasteiger partial charge in [0.1, 0.15) is 0 Å². The third kappa shape index (κ3) is 28.6. The maximum atomic E-state index is 5.52. The summed E-state index contributed by atoms with van der Waals surface area (Å²) >= 11 is 0. The van der Waals surface area contributed by atoms with Gasteiger partial charge in [-0.15, -0.1) is 0 Å². The molecule has 0 rings (SSSR count). The van der Waals surface area contributed by atoms with Crippen LogP contribution >= 0.6 is 0 Å². The van der Waals surface area contributed by atoms with E-state index in [1.165, 1.54) is 19.3 Å². The number of guanidine groups is 1. The summed E-state index contributed by atoms with van der Waals surface area (Å²) in [6, 6.07) is 5.55. The molecule has 2 N–H and O–H groups in total. The van der Waals surface area contributed by atoms with Crippen molar-refractivity contribution in [3.8, 4) is 0 Å². The minimum atomic E-state index is -2.50. The highest BCUT2D eigenvalue weighted by atomic mass is 28.4. The number of unbranched alkanes of at least 4 members (excludes halogenated alkanes) is 2. The van der Waals surface area contributed by atoms with E-state index in [-0.39, 0.29) is 6.04 Å². The van der Waals surface area contributed by atoms with E-state index in [0.717, 1.165) is 63.5 Å². The van der Waals surface area contributed by atoms with E-state index in [4.69, 9.17) is 31.5 Å². The molecular weight excluding hydrogens is 645 g/mol. The zero-order chi connectivity index (χ0) is 37.4. The van der Waals surface area contributed by atoms with Crippen molar-refractivity contribution in [2.45, 2.75) is 144 Å². The van der Waals surface area contributed by atoms with Gasteiger partial charge in [-0.3, -0.25) is 4.99 Å². The van der Waals surface area contributed by atoms with Gasteiger partial charge in [0.2, 0.25) is 0 Å². The molecule has 0 aliphatic carbocycles. The zero-order valence-corrected chi connectivity index (χ0v) is 36.0. The van der Waals surface area contributed by atoms with Crippen molar-refractivity contribution < 1.29 is 26.6 Å². The van der Waals surface area contributed by atoms with Crippen LogP contribution in [0.5, 0.6) is 0 Å². The molecule has 0 saturated heterocycles. The number of aliphatic imine (C=N–C) groups is 3. The van der Waals surface area contributed by atoms with Crippen LogP contribution < -0.4 is 10.6 Å². The van der Waals surface area contributed by atoms with Crippen LogP contribution in [0.3, 0.4) is 0 Å². The fourth-order valence-electron chi connectivity index (χ4n) is 4.11. The second-order valence-electron chi connectivity index (χ2n) is 12.6. The van der Waals surface area contributed by atoms with Crippen LogP contribution in [0, 0.1) is 0 Å². The van der Waals surface area contributed by atoms with Crippen molar-refractivity contribution in [2.75, 3.05) is 68.8 Å². The van der Waals surface area contributed by atoms with Gasteiger partial charge < -0.3 is 42.1 Å². The first-order valence-electron chi connectivity index (χ1n) is 18.0. The van der Waals surface area contributed by atoms with Gasteiger partial charge in [0.25, 0.3) is 0 Å². The topological polar surface area (TPSA) is 120 Å². The Labute approximate surface area is 299 Å². The third-order valence-electron chi connectivity index (χ3n) is 6.83. The molecule has 14 heteroatoms. The summed E-state index contributed by atoms with van der Waals surface area (Å²) in [6.45, 7) is 24.9. The summed E-state index contributed by atoms with van der Waals surface area (Å²) in [5.74, 6) is 0.993. The Bertz CT molecular complexity index is 778. The second-order valence-corrected chi connectivity index (χ2v) is 18.8.